The highest BCUT2D eigenvalue weighted by Gasteiger charge is 2.01. The predicted molar refractivity (Wildman–Crippen MR) is 75.7 cm³/mol. The molecule has 0 bridgehead atoms. The Morgan fingerprint density at radius 2 is 1.82 bits per heavy atom. The Morgan fingerprint density at radius 1 is 1.12 bits per heavy atom. The highest BCUT2D eigenvalue weighted by atomic mass is 32.2. The highest BCUT2D eigenvalue weighted by molar-refractivity contribution is 8.00. The average molecular weight is 264 g/mol. The molecular weight excluding hydrogens is 248 g/mol. The molecule has 0 aliphatic heterocycles. The van der Waals surface area contributed by atoms with Crippen LogP contribution in [-0.2, 0) is 12.4 Å². The maximum absolute atomic E-state index is 9.01. The Kier molecular flexibility index (Phi) is 4.26. The number of hydrogen-bond acceptors (Lipinski definition) is 3. The Balaban J connectivity index is 2.01. The van der Waals surface area contributed by atoms with Gasteiger partial charge in [-0.3, -0.25) is 0 Å². The van der Waals surface area contributed by atoms with E-state index in [1.165, 1.54) is 20.9 Å². The first-order valence-electron chi connectivity index (χ1n) is 5.57. The van der Waals surface area contributed by atoms with Crippen molar-refractivity contribution < 1.29 is 5.11 Å². The lowest BCUT2D eigenvalue weighted by Gasteiger charge is -2.03. The second kappa shape index (κ2) is 5.71. The van der Waals surface area contributed by atoms with E-state index in [2.05, 4.69) is 38.1 Å². The fourth-order valence-corrected chi connectivity index (χ4v) is 3.80. The van der Waals surface area contributed by atoms with Crippen LogP contribution in [0.1, 0.15) is 21.6 Å². The second-order valence-electron chi connectivity index (χ2n) is 4.16. The van der Waals surface area contributed by atoms with Crippen LogP contribution in [0.4, 0.5) is 0 Å². The predicted octanol–water partition coefficient (Wildman–Crippen LogP) is 4.15. The minimum Gasteiger partial charge on any atom is -0.391 e. The lowest BCUT2D eigenvalue weighted by atomic mass is 10.1. The van der Waals surface area contributed by atoms with Gasteiger partial charge in [-0.2, -0.15) is 0 Å². The molecule has 2 rings (SSSR count). The standard InChI is InChI=1S/C14H16OS2/c1-10-5-11(2)7-12(6-10)9-16-14-4-3-13(8-15)17-14/h3-7,15H,8-9H2,1-2H3. The Bertz CT molecular complexity index is 482. The van der Waals surface area contributed by atoms with E-state index >= 15 is 0 Å². The first kappa shape index (κ1) is 12.7. The maximum atomic E-state index is 9.01. The molecule has 90 valence electrons. The van der Waals surface area contributed by atoms with Gasteiger partial charge in [-0.1, -0.05) is 29.3 Å². The summed E-state index contributed by atoms with van der Waals surface area (Å²) >= 11 is 3.51. The minimum atomic E-state index is 0.148. The molecule has 0 atom stereocenters. The number of thioether (sulfide) groups is 1. The van der Waals surface area contributed by atoms with Crippen LogP contribution in [0.15, 0.2) is 34.5 Å². The van der Waals surface area contributed by atoms with Crippen molar-refractivity contribution in [3.8, 4) is 0 Å². The average Bonchev–Trinajstić information content (AvgIpc) is 2.73. The molecule has 0 fully saturated rings. The molecule has 0 spiro atoms. The van der Waals surface area contributed by atoms with Gasteiger partial charge in [0.2, 0.25) is 0 Å². The van der Waals surface area contributed by atoms with Gasteiger partial charge in [0, 0.05) is 10.6 Å². The summed E-state index contributed by atoms with van der Waals surface area (Å²) in [7, 11) is 0. The van der Waals surface area contributed by atoms with Crippen LogP contribution >= 0.6 is 23.1 Å². The zero-order chi connectivity index (χ0) is 12.3. The summed E-state index contributed by atoms with van der Waals surface area (Å²) in [6.45, 7) is 4.42. The molecule has 17 heavy (non-hydrogen) atoms. The zero-order valence-corrected chi connectivity index (χ0v) is 11.7. The van der Waals surface area contributed by atoms with Crippen LogP contribution in [-0.4, -0.2) is 5.11 Å². The number of rotatable bonds is 4. The molecule has 0 saturated heterocycles. The summed E-state index contributed by atoms with van der Waals surface area (Å²) in [4.78, 5) is 1.04. The third kappa shape index (κ3) is 3.60. The molecule has 0 aliphatic carbocycles. The van der Waals surface area contributed by atoms with Crippen LogP contribution in [0.25, 0.3) is 0 Å². The van der Waals surface area contributed by atoms with Gasteiger partial charge in [0.15, 0.2) is 0 Å². The van der Waals surface area contributed by atoms with Crippen molar-refractivity contribution in [1.29, 1.82) is 0 Å². The molecule has 1 heterocycles. The quantitative estimate of drug-likeness (QED) is 0.837. The molecule has 1 aromatic carbocycles. The molecule has 0 radical (unpaired) electrons. The van der Waals surface area contributed by atoms with Gasteiger partial charge in [0.05, 0.1) is 10.8 Å². The fraction of sp³-hybridized carbons (Fsp3) is 0.286. The number of thiophene rings is 1. The molecule has 1 aromatic heterocycles. The van der Waals surface area contributed by atoms with E-state index in [0.29, 0.717) is 0 Å². The molecule has 2 aromatic rings. The minimum absolute atomic E-state index is 0.148. The third-order valence-corrected chi connectivity index (χ3v) is 4.82. The van der Waals surface area contributed by atoms with E-state index in [1.807, 2.05) is 17.8 Å². The van der Waals surface area contributed by atoms with Crippen molar-refractivity contribution in [2.75, 3.05) is 0 Å². The zero-order valence-electron chi connectivity index (χ0n) is 10.1. The van der Waals surface area contributed by atoms with Crippen molar-refractivity contribution in [1.82, 2.24) is 0 Å². The summed E-state index contributed by atoms with van der Waals surface area (Å²) in [6, 6.07) is 10.8. The largest absolute Gasteiger partial charge is 0.391 e. The van der Waals surface area contributed by atoms with Gasteiger partial charge in [0.25, 0.3) is 0 Å². The van der Waals surface area contributed by atoms with E-state index in [1.54, 1.807) is 11.3 Å². The van der Waals surface area contributed by atoms with Gasteiger partial charge in [-0.25, -0.2) is 0 Å². The molecular formula is C14H16OS2. The summed E-state index contributed by atoms with van der Waals surface area (Å²) in [5.41, 5.74) is 4.01. The van der Waals surface area contributed by atoms with Crippen LogP contribution in [0.2, 0.25) is 0 Å². The molecule has 0 unspecified atom stereocenters. The smallest absolute Gasteiger partial charge is 0.0774 e. The fourth-order valence-electron chi connectivity index (χ4n) is 1.83. The van der Waals surface area contributed by atoms with Crippen LogP contribution in [0.3, 0.4) is 0 Å². The van der Waals surface area contributed by atoms with E-state index in [0.717, 1.165) is 10.6 Å². The summed E-state index contributed by atoms with van der Waals surface area (Å²) < 4.78 is 1.27. The number of aliphatic hydroxyl groups is 1. The van der Waals surface area contributed by atoms with Crippen LogP contribution < -0.4 is 0 Å². The topological polar surface area (TPSA) is 20.2 Å². The van der Waals surface area contributed by atoms with E-state index in [4.69, 9.17) is 5.11 Å². The van der Waals surface area contributed by atoms with Gasteiger partial charge in [0.1, 0.15) is 0 Å². The summed E-state index contributed by atoms with van der Waals surface area (Å²) in [5.74, 6) is 0.994. The Morgan fingerprint density at radius 3 is 2.41 bits per heavy atom. The number of aliphatic hydroxyl groups excluding tert-OH is 1. The number of benzene rings is 1. The molecule has 3 heteroatoms. The molecule has 0 amide bonds. The number of aryl methyl sites for hydroxylation is 2. The lowest BCUT2D eigenvalue weighted by molar-refractivity contribution is 0.285. The number of hydrogen-bond donors (Lipinski definition) is 1. The Hall–Kier alpha value is -0.770. The molecule has 1 N–H and O–H groups in total. The van der Waals surface area contributed by atoms with Crippen LogP contribution in [0, 0.1) is 13.8 Å². The van der Waals surface area contributed by atoms with E-state index in [-0.39, 0.29) is 6.61 Å². The normalized spacial score (nSPS) is 10.8. The molecule has 0 saturated carbocycles. The lowest BCUT2D eigenvalue weighted by Crippen LogP contribution is -1.84. The third-order valence-electron chi connectivity index (χ3n) is 2.46. The van der Waals surface area contributed by atoms with Gasteiger partial charge >= 0.3 is 0 Å². The second-order valence-corrected chi connectivity index (χ2v) is 6.61. The molecule has 0 aliphatic rings. The van der Waals surface area contributed by atoms with Crippen molar-refractivity contribution in [2.24, 2.45) is 0 Å². The first-order chi connectivity index (χ1) is 8.17. The highest BCUT2D eigenvalue weighted by Crippen LogP contribution is 2.30. The summed E-state index contributed by atoms with van der Waals surface area (Å²) in [5, 5.41) is 9.01. The maximum Gasteiger partial charge on any atom is 0.0774 e. The Labute approximate surface area is 111 Å². The van der Waals surface area contributed by atoms with Crippen molar-refractivity contribution in [3.63, 3.8) is 0 Å². The van der Waals surface area contributed by atoms with Crippen molar-refractivity contribution in [3.05, 3.63) is 51.9 Å². The summed E-state index contributed by atoms with van der Waals surface area (Å²) in [6.07, 6.45) is 0. The van der Waals surface area contributed by atoms with Gasteiger partial charge in [-0.05, 0) is 31.5 Å². The van der Waals surface area contributed by atoms with Crippen molar-refractivity contribution in [2.45, 2.75) is 30.4 Å². The van der Waals surface area contributed by atoms with Gasteiger partial charge in [-0.15, -0.1) is 23.1 Å². The monoisotopic (exact) mass is 264 g/mol. The van der Waals surface area contributed by atoms with Gasteiger partial charge < -0.3 is 5.11 Å². The van der Waals surface area contributed by atoms with Crippen molar-refractivity contribution >= 4 is 23.1 Å². The first-order valence-corrected chi connectivity index (χ1v) is 7.37. The van der Waals surface area contributed by atoms with Crippen LogP contribution in [0.5, 0.6) is 0 Å². The SMILES string of the molecule is Cc1cc(C)cc(CSc2ccc(CO)s2)c1. The molecule has 1 nitrogen and oxygen atoms in total. The van der Waals surface area contributed by atoms with E-state index in [9.17, 15) is 0 Å². The van der Waals surface area contributed by atoms with E-state index < -0.39 is 0 Å².